The molecule has 19 heavy (non-hydrogen) atoms. The fraction of sp³-hybridized carbons (Fsp3) is 0.231. The lowest BCUT2D eigenvalue weighted by molar-refractivity contribution is 0.870. The Kier molecular flexibility index (Phi) is 3.16. The van der Waals surface area contributed by atoms with Gasteiger partial charge in [-0.3, -0.25) is 0 Å². The van der Waals surface area contributed by atoms with Gasteiger partial charge in [0.05, 0.1) is 11.9 Å². The molecule has 0 amide bonds. The number of hydrogen-bond acceptors (Lipinski definition) is 4. The molecule has 2 heterocycles. The lowest BCUT2D eigenvalue weighted by atomic mass is 10.2. The molecule has 0 atom stereocenters. The summed E-state index contributed by atoms with van der Waals surface area (Å²) in [7, 11) is 2.01. The van der Waals surface area contributed by atoms with Gasteiger partial charge in [0, 0.05) is 18.6 Å². The molecule has 0 spiro atoms. The summed E-state index contributed by atoms with van der Waals surface area (Å²) in [6.07, 6.45) is 1.93. The van der Waals surface area contributed by atoms with Gasteiger partial charge >= 0.3 is 0 Å². The van der Waals surface area contributed by atoms with Gasteiger partial charge in [0.15, 0.2) is 0 Å². The van der Waals surface area contributed by atoms with Crippen LogP contribution >= 0.6 is 22.9 Å². The van der Waals surface area contributed by atoms with Crippen molar-refractivity contribution in [3.8, 4) is 0 Å². The van der Waals surface area contributed by atoms with Gasteiger partial charge in [-0.15, -0.1) is 5.10 Å². The van der Waals surface area contributed by atoms with E-state index < -0.39 is 0 Å². The number of benzene rings is 1. The highest BCUT2D eigenvalue weighted by Crippen LogP contribution is 2.25. The molecule has 98 valence electrons. The third-order valence-electron chi connectivity index (χ3n) is 2.84. The topological polar surface area (TPSA) is 33.4 Å². The molecule has 0 saturated carbocycles. The molecule has 1 aromatic carbocycles. The van der Waals surface area contributed by atoms with E-state index in [1.807, 2.05) is 48.9 Å². The van der Waals surface area contributed by atoms with Crippen LogP contribution in [0.3, 0.4) is 0 Å². The van der Waals surface area contributed by atoms with Crippen molar-refractivity contribution in [2.75, 3.05) is 11.9 Å². The van der Waals surface area contributed by atoms with Crippen molar-refractivity contribution >= 4 is 33.0 Å². The minimum absolute atomic E-state index is 0.731. The summed E-state index contributed by atoms with van der Waals surface area (Å²) >= 11 is 7.75. The second-order valence-electron chi connectivity index (χ2n) is 4.44. The van der Waals surface area contributed by atoms with Gasteiger partial charge in [-0.2, -0.15) is 0 Å². The lowest BCUT2D eigenvalue weighted by Gasteiger charge is -2.15. The second-order valence-corrected chi connectivity index (χ2v) is 5.78. The number of anilines is 1. The van der Waals surface area contributed by atoms with E-state index in [0.29, 0.717) is 0 Å². The van der Waals surface area contributed by atoms with Crippen molar-refractivity contribution in [1.82, 2.24) is 14.6 Å². The number of nitrogens with zero attached hydrogens (tertiary/aromatic N) is 4. The summed E-state index contributed by atoms with van der Waals surface area (Å²) in [6.45, 7) is 2.70. The van der Waals surface area contributed by atoms with Gasteiger partial charge in [-0.05, 0) is 18.6 Å². The van der Waals surface area contributed by atoms with Gasteiger partial charge < -0.3 is 4.90 Å². The normalized spacial score (nSPS) is 11.1. The van der Waals surface area contributed by atoms with E-state index in [1.54, 1.807) is 11.3 Å². The zero-order valence-electron chi connectivity index (χ0n) is 10.7. The summed E-state index contributed by atoms with van der Waals surface area (Å²) in [5.41, 5.74) is 2.08. The van der Waals surface area contributed by atoms with E-state index in [-0.39, 0.29) is 0 Å². The highest BCUT2D eigenvalue weighted by atomic mass is 35.5. The van der Waals surface area contributed by atoms with Gasteiger partial charge in [0.1, 0.15) is 0 Å². The largest absolute Gasteiger partial charge is 0.345 e. The zero-order chi connectivity index (χ0) is 13.4. The third kappa shape index (κ3) is 2.43. The molecule has 0 fully saturated rings. The maximum Gasteiger partial charge on any atom is 0.214 e. The molecule has 4 nitrogen and oxygen atoms in total. The Bertz CT molecular complexity index is 687. The number of imidazole rings is 1. The lowest BCUT2D eigenvalue weighted by Crippen LogP contribution is -2.16. The Morgan fingerprint density at radius 2 is 2.16 bits per heavy atom. The molecule has 0 unspecified atom stereocenters. The SMILES string of the molecule is Cc1cn2nc(N(C)Cc3ccccc3Cl)sc2n1. The van der Waals surface area contributed by atoms with Gasteiger partial charge in [0.2, 0.25) is 10.1 Å². The van der Waals surface area contributed by atoms with Crippen LogP contribution in [-0.2, 0) is 6.54 Å². The Morgan fingerprint density at radius 3 is 2.89 bits per heavy atom. The molecule has 0 N–H and O–H groups in total. The summed E-state index contributed by atoms with van der Waals surface area (Å²) in [4.78, 5) is 7.40. The first-order chi connectivity index (χ1) is 9.13. The molecular formula is C13H13ClN4S. The van der Waals surface area contributed by atoms with Gasteiger partial charge in [0.25, 0.3) is 0 Å². The second kappa shape index (κ2) is 4.83. The molecule has 3 aromatic rings. The molecule has 6 heteroatoms. The van der Waals surface area contributed by atoms with E-state index in [0.717, 1.165) is 32.9 Å². The maximum atomic E-state index is 6.17. The summed E-state index contributed by atoms with van der Waals surface area (Å²) in [5.74, 6) is 0. The van der Waals surface area contributed by atoms with E-state index in [9.17, 15) is 0 Å². The highest BCUT2D eigenvalue weighted by molar-refractivity contribution is 7.20. The first kappa shape index (κ1) is 12.4. The quantitative estimate of drug-likeness (QED) is 0.742. The summed E-state index contributed by atoms with van der Waals surface area (Å²) < 4.78 is 1.82. The number of aryl methyl sites for hydroxylation is 1. The Labute approximate surface area is 120 Å². The first-order valence-corrected chi connectivity index (χ1v) is 7.10. The Morgan fingerprint density at radius 1 is 1.37 bits per heavy atom. The summed E-state index contributed by atoms with van der Waals surface area (Å²) in [6, 6.07) is 7.86. The van der Waals surface area contributed by atoms with Crippen molar-refractivity contribution in [2.45, 2.75) is 13.5 Å². The molecular weight excluding hydrogens is 280 g/mol. The van der Waals surface area contributed by atoms with Crippen molar-refractivity contribution in [3.05, 3.63) is 46.7 Å². The van der Waals surface area contributed by atoms with Crippen LogP contribution in [0, 0.1) is 6.92 Å². The number of fused-ring (bicyclic) bond motifs is 1. The van der Waals surface area contributed by atoms with Crippen molar-refractivity contribution in [1.29, 1.82) is 0 Å². The van der Waals surface area contributed by atoms with E-state index >= 15 is 0 Å². The molecule has 0 aliphatic rings. The zero-order valence-corrected chi connectivity index (χ0v) is 12.2. The maximum absolute atomic E-state index is 6.17. The van der Waals surface area contributed by atoms with Crippen LogP contribution in [0.4, 0.5) is 5.13 Å². The van der Waals surface area contributed by atoms with E-state index in [4.69, 9.17) is 11.6 Å². The van der Waals surface area contributed by atoms with Crippen LogP contribution in [0.2, 0.25) is 5.02 Å². The number of halogens is 1. The van der Waals surface area contributed by atoms with Crippen LogP contribution < -0.4 is 4.90 Å². The molecule has 0 aliphatic heterocycles. The molecule has 2 aromatic heterocycles. The van der Waals surface area contributed by atoms with Crippen LogP contribution in [0.15, 0.2) is 30.5 Å². The molecule has 0 aliphatic carbocycles. The van der Waals surface area contributed by atoms with Crippen LogP contribution in [0.5, 0.6) is 0 Å². The Hall–Kier alpha value is -1.59. The predicted octanol–water partition coefficient (Wildman–Crippen LogP) is 3.39. The van der Waals surface area contributed by atoms with Crippen molar-refractivity contribution in [3.63, 3.8) is 0 Å². The standard InChI is InChI=1S/C13H13ClN4S/c1-9-7-18-12(15-9)19-13(16-18)17(2)8-10-5-3-4-6-11(10)14/h3-7H,8H2,1-2H3. The number of rotatable bonds is 3. The van der Waals surface area contributed by atoms with Gasteiger partial charge in [-0.25, -0.2) is 9.50 Å². The van der Waals surface area contributed by atoms with E-state index in [1.165, 1.54) is 0 Å². The number of aromatic nitrogens is 3. The smallest absolute Gasteiger partial charge is 0.214 e. The molecule has 0 radical (unpaired) electrons. The average molecular weight is 293 g/mol. The molecule has 0 bridgehead atoms. The molecule has 3 rings (SSSR count). The first-order valence-electron chi connectivity index (χ1n) is 5.91. The van der Waals surface area contributed by atoms with Crippen molar-refractivity contribution < 1.29 is 0 Å². The third-order valence-corrected chi connectivity index (χ3v) is 4.25. The molecule has 0 saturated heterocycles. The van der Waals surface area contributed by atoms with Crippen LogP contribution in [0.25, 0.3) is 4.96 Å². The van der Waals surface area contributed by atoms with Gasteiger partial charge in [-0.1, -0.05) is 41.1 Å². The minimum Gasteiger partial charge on any atom is -0.345 e. The average Bonchev–Trinajstić information content (AvgIpc) is 2.89. The Balaban J connectivity index is 1.85. The van der Waals surface area contributed by atoms with Crippen LogP contribution in [-0.4, -0.2) is 21.6 Å². The highest BCUT2D eigenvalue weighted by Gasteiger charge is 2.11. The summed E-state index contributed by atoms with van der Waals surface area (Å²) in [5, 5.41) is 6.23. The van der Waals surface area contributed by atoms with Crippen LogP contribution in [0.1, 0.15) is 11.3 Å². The predicted molar refractivity (Wildman–Crippen MR) is 79.2 cm³/mol. The fourth-order valence-corrected chi connectivity index (χ4v) is 2.99. The van der Waals surface area contributed by atoms with E-state index in [2.05, 4.69) is 15.0 Å². The number of hydrogen-bond donors (Lipinski definition) is 0. The minimum atomic E-state index is 0.731. The van der Waals surface area contributed by atoms with Crippen molar-refractivity contribution in [2.24, 2.45) is 0 Å². The monoisotopic (exact) mass is 292 g/mol. The fourth-order valence-electron chi connectivity index (χ4n) is 1.90.